The molecule has 102 valence electrons. The topological polar surface area (TPSA) is 33.6 Å². The van der Waals surface area contributed by atoms with E-state index in [9.17, 15) is 0 Å². The van der Waals surface area contributed by atoms with E-state index in [1.165, 1.54) is 31.2 Å². The Hall–Kier alpha value is -0.810. The van der Waals surface area contributed by atoms with Gasteiger partial charge in [0.2, 0.25) is 0 Å². The molecule has 2 heterocycles. The Morgan fingerprint density at radius 2 is 2.11 bits per heavy atom. The number of aromatic amines is 1. The molecular formula is C14H19N3S2. The molecule has 2 aromatic heterocycles. The van der Waals surface area contributed by atoms with Gasteiger partial charge in [-0.25, -0.2) is 4.98 Å². The summed E-state index contributed by atoms with van der Waals surface area (Å²) in [5, 5.41) is 0.824. The van der Waals surface area contributed by atoms with Crippen LogP contribution in [0.25, 0.3) is 11.2 Å². The molecule has 5 heteroatoms. The highest BCUT2D eigenvalue weighted by Gasteiger charge is 2.24. The van der Waals surface area contributed by atoms with Crippen LogP contribution in [0.1, 0.15) is 37.3 Å². The largest absolute Gasteiger partial charge is 0.329 e. The third-order valence-electron chi connectivity index (χ3n) is 4.16. The minimum atomic E-state index is 0.513. The number of pyridine rings is 1. The van der Waals surface area contributed by atoms with Crippen molar-refractivity contribution < 1.29 is 0 Å². The van der Waals surface area contributed by atoms with E-state index in [4.69, 9.17) is 12.2 Å². The number of rotatable bonds is 2. The van der Waals surface area contributed by atoms with Crippen molar-refractivity contribution in [1.82, 2.24) is 14.5 Å². The van der Waals surface area contributed by atoms with Gasteiger partial charge >= 0.3 is 0 Å². The van der Waals surface area contributed by atoms with Gasteiger partial charge < -0.3 is 4.98 Å². The first-order valence-corrected chi connectivity index (χ1v) is 8.49. The Balaban J connectivity index is 1.99. The first kappa shape index (κ1) is 13.2. The Bertz CT molecular complexity index is 636. The van der Waals surface area contributed by atoms with Gasteiger partial charge in [0.15, 0.2) is 10.4 Å². The zero-order chi connectivity index (χ0) is 13.4. The number of aryl methyl sites for hydroxylation is 1. The first-order chi connectivity index (χ1) is 9.20. The summed E-state index contributed by atoms with van der Waals surface area (Å²) in [4.78, 5) is 7.86. The second-order valence-corrected chi connectivity index (χ2v) is 6.82. The molecule has 1 fully saturated rings. The summed E-state index contributed by atoms with van der Waals surface area (Å²) in [6, 6.07) is 2.54. The molecule has 0 aliphatic heterocycles. The minimum absolute atomic E-state index is 0.513. The van der Waals surface area contributed by atoms with E-state index in [-0.39, 0.29) is 0 Å². The number of nitrogens with zero attached hydrogens (tertiary/aromatic N) is 2. The summed E-state index contributed by atoms with van der Waals surface area (Å²) >= 11 is 7.51. The highest BCUT2D eigenvalue weighted by atomic mass is 32.2. The van der Waals surface area contributed by atoms with E-state index in [1.54, 1.807) is 0 Å². The molecule has 19 heavy (non-hydrogen) atoms. The summed E-state index contributed by atoms with van der Waals surface area (Å²) in [7, 11) is 0. The number of H-pyrrole nitrogens is 1. The van der Waals surface area contributed by atoms with Crippen LogP contribution in [0, 0.1) is 11.7 Å². The Labute approximate surface area is 122 Å². The molecule has 0 aromatic carbocycles. The predicted octanol–water partition coefficient (Wildman–Crippen LogP) is 4.25. The number of fused-ring (bicyclic) bond motifs is 1. The molecule has 0 amide bonds. The standard InChI is InChI=1S/C14H19N3S2/c1-9-7-8-15-13-12(9)16-14(18)17(13)10-3-5-11(19-2)6-4-10/h7-8,10-11H,3-6H2,1-2H3,(H,16,18). The number of imidazole rings is 1. The van der Waals surface area contributed by atoms with Gasteiger partial charge in [0, 0.05) is 17.5 Å². The summed E-state index contributed by atoms with van der Waals surface area (Å²) in [5.74, 6) is 0. The Morgan fingerprint density at radius 3 is 2.79 bits per heavy atom. The molecule has 1 saturated carbocycles. The number of hydrogen-bond acceptors (Lipinski definition) is 3. The van der Waals surface area contributed by atoms with Crippen LogP contribution in [0.2, 0.25) is 0 Å². The number of nitrogens with one attached hydrogen (secondary N) is 1. The van der Waals surface area contributed by atoms with Crippen LogP contribution in [0.4, 0.5) is 0 Å². The number of aromatic nitrogens is 3. The molecule has 0 radical (unpaired) electrons. The highest BCUT2D eigenvalue weighted by molar-refractivity contribution is 7.99. The third kappa shape index (κ3) is 2.34. The molecule has 1 aliphatic rings. The second-order valence-electron chi connectivity index (χ2n) is 5.29. The lowest BCUT2D eigenvalue weighted by Crippen LogP contribution is -2.19. The monoisotopic (exact) mass is 293 g/mol. The predicted molar refractivity (Wildman–Crippen MR) is 84.5 cm³/mol. The van der Waals surface area contributed by atoms with Crippen molar-refractivity contribution in [2.45, 2.75) is 43.9 Å². The smallest absolute Gasteiger partial charge is 0.179 e. The summed E-state index contributed by atoms with van der Waals surface area (Å²) in [5.41, 5.74) is 3.34. The lowest BCUT2D eigenvalue weighted by atomic mass is 9.95. The number of hydrogen-bond donors (Lipinski definition) is 1. The molecule has 0 spiro atoms. The molecule has 3 nitrogen and oxygen atoms in total. The Morgan fingerprint density at radius 1 is 1.37 bits per heavy atom. The zero-order valence-electron chi connectivity index (χ0n) is 11.3. The molecule has 0 atom stereocenters. The van der Waals surface area contributed by atoms with E-state index in [0.29, 0.717) is 6.04 Å². The van der Waals surface area contributed by atoms with Crippen molar-refractivity contribution in [2.75, 3.05) is 6.26 Å². The number of thioether (sulfide) groups is 1. The van der Waals surface area contributed by atoms with Crippen LogP contribution >= 0.6 is 24.0 Å². The molecule has 3 rings (SSSR count). The maximum Gasteiger partial charge on any atom is 0.179 e. The molecule has 2 aromatic rings. The van der Waals surface area contributed by atoms with Crippen molar-refractivity contribution in [3.63, 3.8) is 0 Å². The van der Waals surface area contributed by atoms with E-state index in [1.807, 2.05) is 24.0 Å². The van der Waals surface area contributed by atoms with Crippen molar-refractivity contribution in [1.29, 1.82) is 0 Å². The zero-order valence-corrected chi connectivity index (χ0v) is 13.0. The normalized spacial score (nSPS) is 23.9. The third-order valence-corrected chi connectivity index (χ3v) is 5.60. The Kier molecular flexibility index (Phi) is 3.67. The fourth-order valence-corrected chi connectivity index (χ4v) is 4.10. The fraction of sp³-hybridized carbons (Fsp3) is 0.571. The van der Waals surface area contributed by atoms with Crippen molar-refractivity contribution in [3.8, 4) is 0 Å². The summed E-state index contributed by atoms with van der Waals surface area (Å²) in [6.45, 7) is 2.10. The van der Waals surface area contributed by atoms with Gasteiger partial charge in [-0.05, 0) is 62.7 Å². The van der Waals surface area contributed by atoms with Crippen molar-refractivity contribution >= 4 is 35.1 Å². The SMILES string of the molecule is CSC1CCC(n2c(=S)[nH]c3c(C)ccnc32)CC1. The average Bonchev–Trinajstić information content (AvgIpc) is 2.77. The van der Waals surface area contributed by atoms with E-state index in [0.717, 1.165) is 21.2 Å². The van der Waals surface area contributed by atoms with Gasteiger partial charge in [-0.1, -0.05) is 0 Å². The van der Waals surface area contributed by atoms with Crippen LogP contribution in [0.5, 0.6) is 0 Å². The van der Waals surface area contributed by atoms with Gasteiger partial charge in [0.1, 0.15) is 0 Å². The van der Waals surface area contributed by atoms with Gasteiger partial charge in [0.05, 0.1) is 5.52 Å². The molecule has 0 bridgehead atoms. The second kappa shape index (κ2) is 5.29. The molecule has 0 unspecified atom stereocenters. The van der Waals surface area contributed by atoms with Crippen LogP contribution < -0.4 is 0 Å². The van der Waals surface area contributed by atoms with E-state index in [2.05, 4.69) is 27.7 Å². The maximum atomic E-state index is 5.51. The summed E-state index contributed by atoms with van der Waals surface area (Å²) in [6.07, 6.45) is 9.08. The van der Waals surface area contributed by atoms with Gasteiger partial charge in [-0.15, -0.1) is 0 Å². The lowest BCUT2D eigenvalue weighted by Gasteiger charge is -2.28. The average molecular weight is 293 g/mol. The van der Waals surface area contributed by atoms with Crippen LogP contribution in [0.15, 0.2) is 12.3 Å². The molecular weight excluding hydrogens is 274 g/mol. The quantitative estimate of drug-likeness (QED) is 0.840. The maximum absolute atomic E-state index is 5.51. The van der Waals surface area contributed by atoms with Gasteiger partial charge in [0.25, 0.3) is 0 Å². The molecule has 0 saturated heterocycles. The lowest BCUT2D eigenvalue weighted by molar-refractivity contribution is 0.362. The van der Waals surface area contributed by atoms with Gasteiger partial charge in [-0.2, -0.15) is 11.8 Å². The van der Waals surface area contributed by atoms with Crippen molar-refractivity contribution in [2.24, 2.45) is 0 Å². The highest BCUT2D eigenvalue weighted by Crippen LogP contribution is 2.35. The fourth-order valence-electron chi connectivity index (χ4n) is 3.02. The van der Waals surface area contributed by atoms with Crippen molar-refractivity contribution in [3.05, 3.63) is 22.6 Å². The van der Waals surface area contributed by atoms with Crippen LogP contribution in [-0.4, -0.2) is 26.0 Å². The molecule has 1 aliphatic carbocycles. The molecule has 1 N–H and O–H groups in total. The van der Waals surface area contributed by atoms with E-state index < -0.39 is 0 Å². The van der Waals surface area contributed by atoms with Crippen LogP contribution in [-0.2, 0) is 0 Å². The van der Waals surface area contributed by atoms with E-state index >= 15 is 0 Å². The minimum Gasteiger partial charge on any atom is -0.329 e. The first-order valence-electron chi connectivity index (χ1n) is 6.79. The van der Waals surface area contributed by atoms with Crippen LogP contribution in [0.3, 0.4) is 0 Å². The summed E-state index contributed by atoms with van der Waals surface area (Å²) < 4.78 is 3.07. The van der Waals surface area contributed by atoms with Gasteiger partial charge in [-0.3, -0.25) is 4.57 Å².